The van der Waals surface area contributed by atoms with E-state index in [-0.39, 0.29) is 10.2 Å². The summed E-state index contributed by atoms with van der Waals surface area (Å²) in [5.74, 6) is -1.19. The number of likely N-dealkylation sites (tertiary alicyclic amines) is 1. The van der Waals surface area contributed by atoms with Crippen molar-refractivity contribution in [2.45, 2.75) is 31.8 Å². The lowest BCUT2D eigenvalue weighted by molar-refractivity contribution is -0.274. The summed E-state index contributed by atoms with van der Waals surface area (Å²) in [6.07, 6.45) is -3.35. The molecule has 0 unspecified atom stereocenters. The van der Waals surface area contributed by atoms with Crippen LogP contribution in [0.25, 0.3) is 0 Å². The molecule has 21 heavy (non-hydrogen) atoms. The van der Waals surface area contributed by atoms with Gasteiger partial charge in [0.1, 0.15) is 11.8 Å². The molecule has 0 aliphatic carbocycles. The van der Waals surface area contributed by atoms with E-state index in [1.165, 1.54) is 18.2 Å². The number of aliphatic carboxylic acids is 1. The minimum atomic E-state index is -4.74. The monoisotopic (exact) mass is 367 g/mol. The van der Waals surface area contributed by atoms with Crippen LogP contribution in [0.5, 0.6) is 5.75 Å². The lowest BCUT2D eigenvalue weighted by atomic mass is 10.2. The predicted octanol–water partition coefficient (Wildman–Crippen LogP) is 3.40. The summed E-state index contributed by atoms with van der Waals surface area (Å²) in [6.45, 7) is 1.04. The van der Waals surface area contributed by atoms with Gasteiger partial charge < -0.3 is 9.84 Å². The number of carboxylic acid groups (broad SMARTS) is 1. The molecule has 1 N–H and O–H groups in total. The van der Waals surface area contributed by atoms with Crippen molar-refractivity contribution < 1.29 is 27.8 Å². The highest BCUT2D eigenvalue weighted by Gasteiger charge is 2.32. The SMILES string of the molecule is O=C(O)[C@@H]1CCCN1Cc1ccc(OC(F)(F)F)c(Br)c1. The lowest BCUT2D eigenvalue weighted by Gasteiger charge is -2.21. The van der Waals surface area contributed by atoms with Crippen LogP contribution in [0.4, 0.5) is 13.2 Å². The number of carbonyl (C=O) groups is 1. The van der Waals surface area contributed by atoms with Crippen molar-refractivity contribution >= 4 is 21.9 Å². The van der Waals surface area contributed by atoms with Crippen LogP contribution in [-0.2, 0) is 11.3 Å². The fraction of sp³-hybridized carbons (Fsp3) is 0.462. The molecule has 0 spiro atoms. The summed E-state index contributed by atoms with van der Waals surface area (Å²) < 4.78 is 40.6. The van der Waals surface area contributed by atoms with Crippen molar-refractivity contribution in [1.29, 1.82) is 0 Å². The number of halogens is 4. The Labute approximate surface area is 127 Å². The number of rotatable bonds is 4. The first-order valence-electron chi connectivity index (χ1n) is 6.27. The van der Waals surface area contributed by atoms with Gasteiger partial charge in [-0.1, -0.05) is 6.07 Å². The Balaban J connectivity index is 2.08. The number of nitrogens with zero attached hydrogens (tertiary/aromatic N) is 1. The number of hydrogen-bond acceptors (Lipinski definition) is 3. The Morgan fingerprint density at radius 2 is 2.19 bits per heavy atom. The zero-order valence-corrected chi connectivity index (χ0v) is 12.4. The Morgan fingerprint density at radius 3 is 2.76 bits per heavy atom. The molecule has 0 saturated carbocycles. The second kappa shape index (κ2) is 6.23. The highest BCUT2D eigenvalue weighted by molar-refractivity contribution is 9.10. The Morgan fingerprint density at radius 1 is 1.48 bits per heavy atom. The van der Waals surface area contributed by atoms with Crippen LogP contribution in [-0.4, -0.2) is 34.9 Å². The minimum Gasteiger partial charge on any atom is -0.480 e. The third kappa shape index (κ3) is 4.34. The fourth-order valence-electron chi connectivity index (χ4n) is 2.38. The number of alkyl halides is 3. The molecule has 1 heterocycles. The number of benzene rings is 1. The van der Waals surface area contributed by atoms with Crippen LogP contribution in [0.3, 0.4) is 0 Å². The molecule has 1 aliphatic heterocycles. The minimum absolute atomic E-state index is 0.184. The number of carboxylic acids is 1. The standard InChI is InChI=1S/C13H13BrF3NO3/c14-9-6-8(3-4-11(9)21-13(15,16)17)7-18-5-1-2-10(18)12(19)20/h3-4,6,10H,1-2,5,7H2,(H,19,20)/t10-/m0/s1. The van der Waals surface area contributed by atoms with Crippen LogP contribution < -0.4 is 4.74 Å². The molecular weight excluding hydrogens is 355 g/mol. The maximum absolute atomic E-state index is 12.2. The zero-order chi connectivity index (χ0) is 15.6. The molecule has 8 heteroatoms. The van der Waals surface area contributed by atoms with Gasteiger partial charge in [0.05, 0.1) is 4.47 Å². The third-order valence-corrected chi connectivity index (χ3v) is 3.88. The number of hydrogen-bond donors (Lipinski definition) is 1. The first-order chi connectivity index (χ1) is 9.76. The van der Waals surface area contributed by atoms with E-state index in [1.54, 1.807) is 4.90 Å². The lowest BCUT2D eigenvalue weighted by Crippen LogP contribution is -2.35. The van der Waals surface area contributed by atoms with E-state index >= 15 is 0 Å². The summed E-state index contributed by atoms with van der Waals surface area (Å²) >= 11 is 3.03. The fourth-order valence-corrected chi connectivity index (χ4v) is 2.89. The topological polar surface area (TPSA) is 49.8 Å². The van der Waals surface area contributed by atoms with Gasteiger partial charge in [-0.2, -0.15) is 0 Å². The van der Waals surface area contributed by atoms with Crippen molar-refractivity contribution in [3.05, 3.63) is 28.2 Å². The van der Waals surface area contributed by atoms with Gasteiger partial charge >= 0.3 is 12.3 Å². The molecule has 1 aromatic carbocycles. The van der Waals surface area contributed by atoms with E-state index in [2.05, 4.69) is 20.7 Å². The molecule has 0 bridgehead atoms. The van der Waals surface area contributed by atoms with E-state index in [0.717, 1.165) is 12.0 Å². The van der Waals surface area contributed by atoms with Crippen molar-refractivity contribution in [1.82, 2.24) is 4.90 Å². The van der Waals surface area contributed by atoms with Gasteiger partial charge in [-0.05, 0) is 53.0 Å². The smallest absolute Gasteiger partial charge is 0.480 e. The van der Waals surface area contributed by atoms with Crippen molar-refractivity contribution in [2.24, 2.45) is 0 Å². The second-order valence-corrected chi connectivity index (χ2v) is 5.63. The van der Waals surface area contributed by atoms with E-state index in [9.17, 15) is 18.0 Å². The Hall–Kier alpha value is -1.28. The van der Waals surface area contributed by atoms with Crippen LogP contribution in [0.15, 0.2) is 22.7 Å². The maximum Gasteiger partial charge on any atom is 0.573 e. The van der Waals surface area contributed by atoms with Crippen LogP contribution in [0.2, 0.25) is 0 Å². The molecule has 1 aliphatic rings. The van der Waals surface area contributed by atoms with Crippen molar-refractivity contribution in [3.63, 3.8) is 0 Å². The van der Waals surface area contributed by atoms with Gasteiger partial charge in [-0.3, -0.25) is 9.69 Å². The summed E-state index contributed by atoms with van der Waals surface area (Å²) in [6, 6.07) is 3.70. The predicted molar refractivity (Wildman–Crippen MR) is 71.9 cm³/mol. The molecule has 4 nitrogen and oxygen atoms in total. The summed E-state index contributed by atoms with van der Waals surface area (Å²) in [5.41, 5.74) is 0.726. The molecule has 1 aromatic rings. The van der Waals surface area contributed by atoms with E-state index in [1.807, 2.05) is 0 Å². The average molecular weight is 368 g/mol. The van der Waals surface area contributed by atoms with Crippen LogP contribution in [0.1, 0.15) is 18.4 Å². The molecule has 1 fully saturated rings. The zero-order valence-electron chi connectivity index (χ0n) is 10.9. The largest absolute Gasteiger partial charge is 0.573 e. The molecule has 116 valence electrons. The molecule has 0 aromatic heterocycles. The Bertz CT molecular complexity index is 536. The van der Waals surface area contributed by atoms with Gasteiger partial charge in [-0.15, -0.1) is 13.2 Å². The highest BCUT2D eigenvalue weighted by Crippen LogP contribution is 2.32. The molecule has 0 amide bonds. The van der Waals surface area contributed by atoms with Crippen LogP contribution in [0, 0.1) is 0 Å². The summed E-state index contributed by atoms with van der Waals surface area (Å²) in [7, 11) is 0. The van der Waals surface area contributed by atoms with Gasteiger partial charge in [-0.25, -0.2) is 0 Å². The first-order valence-corrected chi connectivity index (χ1v) is 7.06. The summed E-state index contributed by atoms with van der Waals surface area (Å²) in [5, 5.41) is 9.09. The molecule has 1 saturated heterocycles. The van der Waals surface area contributed by atoms with Gasteiger partial charge in [0.15, 0.2) is 0 Å². The number of ether oxygens (including phenoxy) is 1. The van der Waals surface area contributed by atoms with E-state index in [4.69, 9.17) is 5.11 Å². The third-order valence-electron chi connectivity index (χ3n) is 3.26. The normalized spacial score (nSPS) is 19.7. The van der Waals surface area contributed by atoms with Crippen molar-refractivity contribution in [3.8, 4) is 5.75 Å². The van der Waals surface area contributed by atoms with E-state index < -0.39 is 18.4 Å². The summed E-state index contributed by atoms with van der Waals surface area (Å²) in [4.78, 5) is 12.9. The second-order valence-electron chi connectivity index (χ2n) is 4.78. The van der Waals surface area contributed by atoms with E-state index in [0.29, 0.717) is 19.5 Å². The Kier molecular flexibility index (Phi) is 4.77. The van der Waals surface area contributed by atoms with Gasteiger partial charge in [0, 0.05) is 6.54 Å². The maximum atomic E-state index is 12.2. The molecule has 1 atom stereocenters. The molecule has 2 rings (SSSR count). The van der Waals surface area contributed by atoms with Gasteiger partial charge in [0.25, 0.3) is 0 Å². The molecular formula is C13H13BrF3NO3. The first kappa shape index (κ1) is 16.1. The highest BCUT2D eigenvalue weighted by atomic mass is 79.9. The van der Waals surface area contributed by atoms with Gasteiger partial charge in [0.2, 0.25) is 0 Å². The van der Waals surface area contributed by atoms with Crippen LogP contribution >= 0.6 is 15.9 Å². The van der Waals surface area contributed by atoms with Crippen molar-refractivity contribution in [2.75, 3.05) is 6.54 Å². The molecule has 0 radical (unpaired) electrons. The quantitative estimate of drug-likeness (QED) is 0.885. The average Bonchev–Trinajstić information content (AvgIpc) is 2.79.